The third-order valence-electron chi connectivity index (χ3n) is 2.58. The molecular weight excluding hydrogens is 252 g/mol. The van der Waals surface area contributed by atoms with Crippen molar-refractivity contribution in [1.82, 2.24) is 5.32 Å². The van der Waals surface area contributed by atoms with Crippen LogP contribution in [0.3, 0.4) is 0 Å². The van der Waals surface area contributed by atoms with Gasteiger partial charge in [0.2, 0.25) is 0 Å². The Morgan fingerprint density at radius 2 is 1.93 bits per heavy atom. The fourth-order valence-corrected chi connectivity index (χ4v) is 1.61. The molecule has 2 atom stereocenters. The van der Waals surface area contributed by atoms with Crippen molar-refractivity contribution >= 4 is 15.9 Å². The average Bonchev–Trinajstić information content (AvgIpc) is 2.26. The largest absolute Gasteiger partial charge is 0.327 e. The predicted octanol–water partition coefficient (Wildman–Crippen LogP) is 2.84. The number of hydrogen-bond donors (Lipinski definition) is 2. The maximum atomic E-state index is 5.85. The van der Waals surface area contributed by atoms with E-state index in [0.717, 1.165) is 17.4 Å². The van der Waals surface area contributed by atoms with Gasteiger partial charge in [-0.15, -0.1) is 0 Å². The van der Waals surface area contributed by atoms with Gasteiger partial charge in [0, 0.05) is 23.1 Å². The van der Waals surface area contributed by atoms with Gasteiger partial charge in [-0.25, -0.2) is 0 Å². The molecule has 0 aliphatic rings. The molecule has 0 fully saturated rings. The van der Waals surface area contributed by atoms with Crippen molar-refractivity contribution in [3.05, 3.63) is 34.3 Å². The number of halogens is 1. The van der Waals surface area contributed by atoms with Crippen molar-refractivity contribution in [2.75, 3.05) is 6.54 Å². The third kappa shape index (κ3) is 4.33. The molecule has 84 valence electrons. The van der Waals surface area contributed by atoms with Crippen molar-refractivity contribution < 1.29 is 0 Å². The number of benzene rings is 1. The van der Waals surface area contributed by atoms with E-state index in [1.807, 2.05) is 0 Å². The average molecular weight is 271 g/mol. The first kappa shape index (κ1) is 12.7. The molecule has 0 amide bonds. The summed E-state index contributed by atoms with van der Waals surface area (Å²) in [7, 11) is 0. The first-order valence-corrected chi connectivity index (χ1v) is 6.17. The van der Waals surface area contributed by atoms with Crippen LogP contribution in [0.25, 0.3) is 0 Å². The number of hydrogen-bond acceptors (Lipinski definition) is 2. The molecule has 3 heteroatoms. The van der Waals surface area contributed by atoms with Crippen molar-refractivity contribution in [2.45, 2.75) is 32.4 Å². The molecule has 0 bridgehead atoms. The topological polar surface area (TPSA) is 38.0 Å². The van der Waals surface area contributed by atoms with Gasteiger partial charge in [-0.2, -0.15) is 0 Å². The molecule has 1 aromatic carbocycles. The van der Waals surface area contributed by atoms with Gasteiger partial charge in [-0.05, 0) is 31.0 Å². The van der Waals surface area contributed by atoms with E-state index in [4.69, 9.17) is 5.73 Å². The lowest BCUT2D eigenvalue weighted by Crippen LogP contribution is -2.34. The van der Waals surface area contributed by atoms with Gasteiger partial charge in [-0.3, -0.25) is 0 Å². The Balaban J connectivity index is 2.46. The third-order valence-corrected chi connectivity index (χ3v) is 3.11. The summed E-state index contributed by atoms with van der Waals surface area (Å²) in [4.78, 5) is 0. The molecule has 15 heavy (non-hydrogen) atoms. The lowest BCUT2D eigenvalue weighted by molar-refractivity contribution is 0.508. The molecule has 0 saturated carbocycles. The highest BCUT2D eigenvalue weighted by atomic mass is 79.9. The Bertz CT molecular complexity index is 284. The normalized spacial score (nSPS) is 14.9. The molecule has 0 aliphatic heterocycles. The number of nitrogens with one attached hydrogen (secondary N) is 1. The molecule has 0 saturated heterocycles. The summed E-state index contributed by atoms with van der Waals surface area (Å²) < 4.78 is 1.11. The Morgan fingerprint density at radius 1 is 1.33 bits per heavy atom. The van der Waals surface area contributed by atoms with E-state index in [2.05, 4.69) is 59.4 Å². The van der Waals surface area contributed by atoms with E-state index in [1.54, 1.807) is 0 Å². The molecule has 0 aromatic heterocycles. The highest BCUT2D eigenvalue weighted by Crippen LogP contribution is 2.16. The monoisotopic (exact) mass is 270 g/mol. The van der Waals surface area contributed by atoms with Crippen LogP contribution in [0.15, 0.2) is 28.7 Å². The van der Waals surface area contributed by atoms with Crippen LogP contribution < -0.4 is 11.1 Å². The molecule has 1 rings (SSSR count). The summed E-state index contributed by atoms with van der Waals surface area (Å²) in [5.41, 5.74) is 7.15. The van der Waals surface area contributed by atoms with Crippen LogP contribution in [0.2, 0.25) is 0 Å². The Hall–Kier alpha value is -0.380. The van der Waals surface area contributed by atoms with E-state index in [0.29, 0.717) is 6.04 Å². The van der Waals surface area contributed by atoms with Crippen molar-refractivity contribution in [2.24, 2.45) is 5.73 Å². The molecule has 1 aromatic rings. The standard InChI is InChI=1S/C12H19BrN2/c1-3-12(14)8-15-9(2)10-4-6-11(13)7-5-10/h4-7,9,12,15H,3,8,14H2,1-2H3/t9-,12?/m0/s1. The molecule has 1 unspecified atom stereocenters. The minimum atomic E-state index is 0.253. The smallest absolute Gasteiger partial charge is 0.0292 e. The Morgan fingerprint density at radius 3 is 2.47 bits per heavy atom. The van der Waals surface area contributed by atoms with E-state index in [9.17, 15) is 0 Å². The van der Waals surface area contributed by atoms with Gasteiger partial charge in [0.25, 0.3) is 0 Å². The molecule has 0 aliphatic carbocycles. The van der Waals surface area contributed by atoms with Crippen LogP contribution in [0.1, 0.15) is 31.9 Å². The van der Waals surface area contributed by atoms with Gasteiger partial charge in [0.05, 0.1) is 0 Å². The van der Waals surface area contributed by atoms with E-state index < -0.39 is 0 Å². The molecule has 0 radical (unpaired) electrons. The second kappa shape index (κ2) is 6.26. The van der Waals surface area contributed by atoms with Gasteiger partial charge in [0.15, 0.2) is 0 Å². The number of nitrogens with two attached hydrogens (primary N) is 1. The van der Waals surface area contributed by atoms with Crippen LogP contribution in [0, 0.1) is 0 Å². The zero-order chi connectivity index (χ0) is 11.3. The van der Waals surface area contributed by atoms with Gasteiger partial charge >= 0.3 is 0 Å². The first-order chi connectivity index (χ1) is 7.13. The Kier molecular flexibility index (Phi) is 5.29. The van der Waals surface area contributed by atoms with Gasteiger partial charge in [0.1, 0.15) is 0 Å². The van der Waals surface area contributed by atoms with E-state index >= 15 is 0 Å². The lowest BCUT2D eigenvalue weighted by atomic mass is 10.1. The minimum Gasteiger partial charge on any atom is -0.327 e. The number of rotatable bonds is 5. The van der Waals surface area contributed by atoms with E-state index in [-0.39, 0.29) is 6.04 Å². The van der Waals surface area contributed by atoms with Crippen molar-refractivity contribution in [3.63, 3.8) is 0 Å². The Labute approximate surface area is 100 Å². The quantitative estimate of drug-likeness (QED) is 0.864. The van der Waals surface area contributed by atoms with Crippen LogP contribution >= 0.6 is 15.9 Å². The van der Waals surface area contributed by atoms with Crippen LogP contribution in [-0.2, 0) is 0 Å². The molecule has 2 nitrogen and oxygen atoms in total. The fraction of sp³-hybridized carbons (Fsp3) is 0.500. The van der Waals surface area contributed by atoms with Gasteiger partial charge < -0.3 is 11.1 Å². The molecule has 0 heterocycles. The maximum Gasteiger partial charge on any atom is 0.0292 e. The summed E-state index contributed by atoms with van der Waals surface area (Å²) in [6.45, 7) is 5.13. The predicted molar refractivity (Wildman–Crippen MR) is 68.8 cm³/mol. The summed E-state index contributed by atoms with van der Waals surface area (Å²) in [6.07, 6.45) is 1.01. The summed E-state index contributed by atoms with van der Waals surface area (Å²) in [5, 5.41) is 3.43. The highest BCUT2D eigenvalue weighted by molar-refractivity contribution is 9.10. The minimum absolute atomic E-state index is 0.253. The van der Waals surface area contributed by atoms with Crippen molar-refractivity contribution in [3.8, 4) is 0 Å². The first-order valence-electron chi connectivity index (χ1n) is 5.38. The zero-order valence-corrected chi connectivity index (χ0v) is 10.9. The van der Waals surface area contributed by atoms with E-state index in [1.165, 1.54) is 5.56 Å². The van der Waals surface area contributed by atoms with Crippen LogP contribution in [0.4, 0.5) is 0 Å². The summed E-state index contributed by atoms with van der Waals surface area (Å²) in [5.74, 6) is 0. The second-order valence-corrected chi connectivity index (χ2v) is 4.77. The van der Waals surface area contributed by atoms with Gasteiger partial charge in [-0.1, -0.05) is 35.0 Å². The SMILES string of the molecule is CCC(N)CN[C@@H](C)c1ccc(Br)cc1. The maximum absolute atomic E-state index is 5.85. The molecular formula is C12H19BrN2. The van der Waals surface area contributed by atoms with Crippen molar-refractivity contribution in [1.29, 1.82) is 0 Å². The van der Waals surface area contributed by atoms with Crippen LogP contribution in [-0.4, -0.2) is 12.6 Å². The van der Waals surface area contributed by atoms with Crippen LogP contribution in [0.5, 0.6) is 0 Å². The zero-order valence-electron chi connectivity index (χ0n) is 9.33. The molecule has 0 spiro atoms. The summed E-state index contributed by atoms with van der Waals surface area (Å²) >= 11 is 3.43. The highest BCUT2D eigenvalue weighted by Gasteiger charge is 2.06. The summed E-state index contributed by atoms with van der Waals surface area (Å²) in [6, 6.07) is 8.98. The fourth-order valence-electron chi connectivity index (χ4n) is 1.34. The lowest BCUT2D eigenvalue weighted by Gasteiger charge is -2.17. The molecule has 3 N–H and O–H groups in total. The second-order valence-electron chi connectivity index (χ2n) is 3.85.